The van der Waals surface area contributed by atoms with Crippen molar-refractivity contribution in [1.82, 2.24) is 5.32 Å². The molecule has 0 saturated heterocycles. The smallest absolute Gasteiger partial charge is 0.234 e. The first-order chi connectivity index (χ1) is 8.09. The molecule has 0 aliphatic heterocycles. The summed E-state index contributed by atoms with van der Waals surface area (Å²) in [6.07, 6.45) is 0.371. The zero-order chi connectivity index (χ0) is 14.6. The van der Waals surface area contributed by atoms with Crippen molar-refractivity contribution in [2.24, 2.45) is 22.0 Å². The Labute approximate surface area is 107 Å². The molecule has 18 heavy (non-hydrogen) atoms. The number of nitrogens with two attached hydrogens (primary N) is 2. The van der Waals surface area contributed by atoms with E-state index < -0.39 is 22.8 Å². The van der Waals surface area contributed by atoms with E-state index in [-0.39, 0.29) is 12.3 Å². The lowest BCUT2D eigenvalue weighted by molar-refractivity contribution is -0.129. The maximum absolute atomic E-state index is 12.2. The van der Waals surface area contributed by atoms with Gasteiger partial charge in [-0.15, -0.1) is 0 Å². The molecule has 1 unspecified atom stereocenters. The molecule has 0 aliphatic rings. The Kier molecular flexibility index (Phi) is 5.13. The van der Waals surface area contributed by atoms with Crippen LogP contribution in [0, 0.1) is 5.41 Å². The number of hydrogen-bond donors (Lipinski definition) is 4. The lowest BCUT2D eigenvalue weighted by atomic mass is 9.84. The Balaban J connectivity index is 5.00. The van der Waals surface area contributed by atoms with Crippen molar-refractivity contribution in [1.29, 1.82) is 0 Å². The molecule has 2 amide bonds. The van der Waals surface area contributed by atoms with Gasteiger partial charge in [-0.05, 0) is 27.2 Å². The summed E-state index contributed by atoms with van der Waals surface area (Å²) < 4.78 is 0. The van der Waals surface area contributed by atoms with Crippen LogP contribution in [0.3, 0.4) is 0 Å². The van der Waals surface area contributed by atoms with Crippen molar-refractivity contribution in [3.63, 3.8) is 0 Å². The van der Waals surface area contributed by atoms with Gasteiger partial charge in [-0.25, -0.2) is 0 Å². The fourth-order valence-corrected chi connectivity index (χ4v) is 1.49. The van der Waals surface area contributed by atoms with Gasteiger partial charge in [0.1, 0.15) is 5.41 Å². The van der Waals surface area contributed by atoms with Crippen molar-refractivity contribution >= 4 is 17.6 Å². The third kappa shape index (κ3) is 3.90. The Morgan fingerprint density at radius 1 is 1.28 bits per heavy atom. The number of primary amides is 1. The molecule has 0 fully saturated rings. The number of nitrogens with zero attached hydrogens (tertiary/aromatic N) is 1. The van der Waals surface area contributed by atoms with Crippen LogP contribution in [0.25, 0.3) is 0 Å². The first kappa shape index (κ1) is 16.2. The van der Waals surface area contributed by atoms with Gasteiger partial charge in [-0.1, -0.05) is 12.1 Å². The average molecular weight is 258 g/mol. The maximum atomic E-state index is 12.2. The number of carbonyl (C=O) groups is 2. The zero-order valence-electron chi connectivity index (χ0n) is 11.3. The van der Waals surface area contributed by atoms with Crippen molar-refractivity contribution in [3.8, 4) is 0 Å². The number of amides is 2. The van der Waals surface area contributed by atoms with E-state index in [1.165, 1.54) is 0 Å². The number of nitrogens with one attached hydrogen (secondary N) is 1. The molecule has 0 spiro atoms. The van der Waals surface area contributed by atoms with Crippen molar-refractivity contribution in [2.45, 2.75) is 46.1 Å². The zero-order valence-corrected chi connectivity index (χ0v) is 11.3. The molecule has 0 rings (SSSR count). The molecule has 0 aliphatic carbocycles. The molecule has 0 saturated carbocycles. The van der Waals surface area contributed by atoms with Gasteiger partial charge in [0, 0.05) is 12.0 Å². The molecule has 0 heterocycles. The summed E-state index contributed by atoms with van der Waals surface area (Å²) in [5.41, 5.74) is 8.73. The van der Waals surface area contributed by atoms with E-state index in [9.17, 15) is 9.59 Å². The molecular weight excluding hydrogens is 236 g/mol. The summed E-state index contributed by atoms with van der Waals surface area (Å²) in [7, 11) is 0. The van der Waals surface area contributed by atoms with Crippen LogP contribution in [0.2, 0.25) is 0 Å². The Morgan fingerprint density at radius 2 is 1.78 bits per heavy atom. The third-order valence-corrected chi connectivity index (χ3v) is 2.95. The number of hydrogen-bond acceptors (Lipinski definition) is 4. The van der Waals surface area contributed by atoms with Gasteiger partial charge in [0.2, 0.25) is 11.8 Å². The minimum Gasteiger partial charge on any atom is -0.409 e. The largest absolute Gasteiger partial charge is 0.409 e. The molecule has 0 radical (unpaired) electrons. The van der Waals surface area contributed by atoms with Gasteiger partial charge in [0.05, 0.1) is 0 Å². The van der Waals surface area contributed by atoms with Crippen molar-refractivity contribution < 1.29 is 14.8 Å². The molecular formula is C11H22N4O3. The molecule has 0 aromatic carbocycles. The van der Waals surface area contributed by atoms with Crippen LogP contribution < -0.4 is 16.8 Å². The highest BCUT2D eigenvalue weighted by Gasteiger charge is 2.39. The normalized spacial score (nSPS) is 15.9. The summed E-state index contributed by atoms with van der Waals surface area (Å²) in [4.78, 5) is 23.0. The summed E-state index contributed by atoms with van der Waals surface area (Å²) in [6, 6.07) is 0. The molecule has 104 valence electrons. The number of rotatable bonds is 6. The highest BCUT2D eigenvalue weighted by molar-refractivity contribution is 6.06. The van der Waals surface area contributed by atoms with Crippen molar-refractivity contribution in [3.05, 3.63) is 0 Å². The fourth-order valence-electron chi connectivity index (χ4n) is 1.49. The minimum atomic E-state index is -1.12. The number of oxime groups is 1. The predicted molar refractivity (Wildman–Crippen MR) is 67.8 cm³/mol. The maximum Gasteiger partial charge on any atom is 0.234 e. The number of carbonyl (C=O) groups excluding carboxylic acids is 2. The standard InChI is InChI=1S/C11H22N4O3/c1-5-11(4,8(13)15-18)9(17)14-10(2,3)6-7(12)16/h18H,5-6H2,1-4H3,(H2,12,16)(H2,13,15)(H,14,17). The lowest BCUT2D eigenvalue weighted by Gasteiger charge is -2.32. The van der Waals surface area contributed by atoms with Gasteiger partial charge in [-0.2, -0.15) is 0 Å². The van der Waals surface area contributed by atoms with Gasteiger partial charge in [0.25, 0.3) is 0 Å². The van der Waals surface area contributed by atoms with E-state index in [1.807, 2.05) is 0 Å². The summed E-state index contributed by atoms with van der Waals surface area (Å²) in [5.74, 6) is -1.09. The van der Waals surface area contributed by atoms with Gasteiger partial charge in [0.15, 0.2) is 5.84 Å². The van der Waals surface area contributed by atoms with Crippen LogP contribution in [0.5, 0.6) is 0 Å². The minimum absolute atomic E-state index is 0.00864. The second kappa shape index (κ2) is 5.70. The highest BCUT2D eigenvalue weighted by Crippen LogP contribution is 2.23. The molecule has 0 aromatic rings. The lowest BCUT2D eigenvalue weighted by Crippen LogP contribution is -2.54. The second-order valence-corrected chi connectivity index (χ2v) is 5.15. The molecule has 7 nitrogen and oxygen atoms in total. The van der Waals surface area contributed by atoms with Gasteiger partial charge in [-0.3, -0.25) is 9.59 Å². The van der Waals surface area contributed by atoms with E-state index in [4.69, 9.17) is 16.7 Å². The number of amidine groups is 1. The van der Waals surface area contributed by atoms with Gasteiger partial charge < -0.3 is 22.0 Å². The van der Waals surface area contributed by atoms with Crippen LogP contribution in [0.1, 0.15) is 40.5 Å². The molecule has 7 heteroatoms. The van der Waals surface area contributed by atoms with E-state index in [2.05, 4.69) is 10.5 Å². The molecule has 0 aromatic heterocycles. The third-order valence-electron chi connectivity index (χ3n) is 2.95. The average Bonchev–Trinajstić information content (AvgIpc) is 2.23. The summed E-state index contributed by atoms with van der Waals surface area (Å²) in [5, 5.41) is 14.3. The van der Waals surface area contributed by atoms with Crippen molar-refractivity contribution in [2.75, 3.05) is 0 Å². The van der Waals surface area contributed by atoms with Gasteiger partial charge >= 0.3 is 0 Å². The Hall–Kier alpha value is -1.79. The second-order valence-electron chi connectivity index (χ2n) is 5.15. The Bertz CT molecular complexity index is 365. The van der Waals surface area contributed by atoms with Crippen LogP contribution in [-0.4, -0.2) is 28.4 Å². The Morgan fingerprint density at radius 3 is 2.11 bits per heavy atom. The topological polar surface area (TPSA) is 131 Å². The molecule has 6 N–H and O–H groups in total. The predicted octanol–water partition coefficient (Wildman–Crippen LogP) is -0.0807. The van der Waals surface area contributed by atoms with E-state index in [0.29, 0.717) is 6.42 Å². The van der Waals surface area contributed by atoms with E-state index in [1.54, 1.807) is 27.7 Å². The van der Waals surface area contributed by atoms with E-state index >= 15 is 0 Å². The molecule has 0 bridgehead atoms. The first-order valence-corrected chi connectivity index (χ1v) is 5.68. The summed E-state index contributed by atoms with van der Waals surface area (Å²) in [6.45, 7) is 6.67. The summed E-state index contributed by atoms with van der Waals surface area (Å²) >= 11 is 0. The fraction of sp³-hybridized carbons (Fsp3) is 0.727. The molecule has 1 atom stereocenters. The SMILES string of the molecule is CCC(C)(C(=O)NC(C)(C)CC(N)=O)C(N)=NO. The quantitative estimate of drug-likeness (QED) is 0.229. The van der Waals surface area contributed by atoms with Crippen LogP contribution >= 0.6 is 0 Å². The van der Waals surface area contributed by atoms with Crippen LogP contribution in [0.15, 0.2) is 5.16 Å². The van der Waals surface area contributed by atoms with Crippen LogP contribution in [0.4, 0.5) is 0 Å². The highest BCUT2D eigenvalue weighted by atomic mass is 16.4. The van der Waals surface area contributed by atoms with Crippen LogP contribution in [-0.2, 0) is 9.59 Å². The first-order valence-electron chi connectivity index (χ1n) is 5.68. The van der Waals surface area contributed by atoms with E-state index in [0.717, 1.165) is 0 Å². The monoisotopic (exact) mass is 258 g/mol.